The van der Waals surface area contributed by atoms with E-state index in [9.17, 15) is 4.79 Å². The third kappa shape index (κ3) is 2.89. The van der Waals surface area contributed by atoms with Gasteiger partial charge in [0.05, 0.1) is 24.0 Å². The van der Waals surface area contributed by atoms with Crippen molar-refractivity contribution in [3.8, 4) is 0 Å². The van der Waals surface area contributed by atoms with Crippen LogP contribution in [0.2, 0.25) is 0 Å². The van der Waals surface area contributed by atoms with Gasteiger partial charge in [-0.1, -0.05) is 25.8 Å². The largest absolute Gasteiger partial charge is 0.465 e. The molecule has 0 spiro atoms. The first-order chi connectivity index (χ1) is 9.62. The molecule has 0 amide bonds. The van der Waals surface area contributed by atoms with Crippen molar-refractivity contribution in [2.24, 2.45) is 5.41 Å². The number of nitrogens with one attached hydrogen (secondary N) is 1. The number of anilines is 2. The zero-order valence-corrected chi connectivity index (χ0v) is 12.4. The lowest BCUT2D eigenvalue weighted by atomic mass is 9.83. The average molecular weight is 276 g/mol. The van der Waals surface area contributed by atoms with Gasteiger partial charge in [-0.25, -0.2) is 4.79 Å². The molecule has 1 fully saturated rings. The first-order valence-corrected chi connectivity index (χ1v) is 7.32. The summed E-state index contributed by atoms with van der Waals surface area (Å²) in [6.45, 7) is 3.10. The molecule has 20 heavy (non-hydrogen) atoms. The van der Waals surface area contributed by atoms with Crippen molar-refractivity contribution in [3.63, 3.8) is 0 Å². The van der Waals surface area contributed by atoms with E-state index in [2.05, 4.69) is 12.2 Å². The number of ether oxygens (including phenoxy) is 1. The van der Waals surface area contributed by atoms with Crippen LogP contribution < -0.4 is 11.1 Å². The van der Waals surface area contributed by atoms with Crippen molar-refractivity contribution in [3.05, 3.63) is 23.8 Å². The summed E-state index contributed by atoms with van der Waals surface area (Å²) in [5.41, 5.74) is 8.17. The molecule has 0 atom stereocenters. The van der Waals surface area contributed by atoms with Crippen molar-refractivity contribution in [2.75, 3.05) is 24.7 Å². The van der Waals surface area contributed by atoms with Crippen LogP contribution in [0, 0.1) is 5.41 Å². The van der Waals surface area contributed by atoms with Crippen LogP contribution in [0.5, 0.6) is 0 Å². The van der Waals surface area contributed by atoms with E-state index in [1.165, 1.54) is 32.8 Å². The van der Waals surface area contributed by atoms with Gasteiger partial charge in [-0.2, -0.15) is 0 Å². The molecule has 1 aliphatic carbocycles. The van der Waals surface area contributed by atoms with E-state index in [1.54, 1.807) is 12.1 Å². The summed E-state index contributed by atoms with van der Waals surface area (Å²) in [6.07, 6.45) is 6.24. The monoisotopic (exact) mass is 276 g/mol. The summed E-state index contributed by atoms with van der Waals surface area (Å²) >= 11 is 0. The van der Waals surface area contributed by atoms with Gasteiger partial charge < -0.3 is 15.8 Å². The molecule has 0 heterocycles. The molecule has 0 aliphatic heterocycles. The standard InChI is InChI=1S/C16H24N2O2/c1-3-16(9-4-5-10-16)11-18-14-12(15(19)20-2)7-6-8-13(14)17/h6-8,18H,3-5,9-11,17H2,1-2H3. The second-order valence-corrected chi connectivity index (χ2v) is 5.68. The molecule has 0 radical (unpaired) electrons. The maximum absolute atomic E-state index is 11.8. The van der Waals surface area contributed by atoms with Crippen LogP contribution in [0.3, 0.4) is 0 Å². The predicted molar refractivity (Wildman–Crippen MR) is 81.9 cm³/mol. The molecular weight excluding hydrogens is 252 g/mol. The fourth-order valence-electron chi connectivity index (χ4n) is 3.10. The molecule has 4 nitrogen and oxygen atoms in total. The van der Waals surface area contributed by atoms with Gasteiger partial charge in [0.2, 0.25) is 0 Å². The maximum atomic E-state index is 11.8. The lowest BCUT2D eigenvalue weighted by Gasteiger charge is -2.29. The fourth-order valence-corrected chi connectivity index (χ4v) is 3.10. The van der Waals surface area contributed by atoms with Crippen LogP contribution in [-0.4, -0.2) is 19.6 Å². The highest BCUT2D eigenvalue weighted by atomic mass is 16.5. The summed E-state index contributed by atoms with van der Waals surface area (Å²) in [4.78, 5) is 11.8. The number of hydrogen-bond acceptors (Lipinski definition) is 4. The number of methoxy groups -OCH3 is 1. The molecule has 1 aliphatic rings. The molecule has 0 bridgehead atoms. The second-order valence-electron chi connectivity index (χ2n) is 5.68. The van der Waals surface area contributed by atoms with Crippen LogP contribution in [0.15, 0.2) is 18.2 Å². The summed E-state index contributed by atoms with van der Waals surface area (Å²) in [6, 6.07) is 5.33. The molecule has 1 aromatic carbocycles. The zero-order valence-electron chi connectivity index (χ0n) is 12.4. The van der Waals surface area contributed by atoms with Gasteiger partial charge in [-0.05, 0) is 36.8 Å². The number of para-hydroxylation sites is 1. The summed E-state index contributed by atoms with van der Waals surface area (Å²) in [7, 11) is 1.39. The van der Waals surface area contributed by atoms with E-state index in [0.29, 0.717) is 22.4 Å². The van der Waals surface area contributed by atoms with Crippen LogP contribution in [0.1, 0.15) is 49.4 Å². The van der Waals surface area contributed by atoms with E-state index in [0.717, 1.165) is 13.0 Å². The predicted octanol–water partition coefficient (Wildman–Crippen LogP) is 3.44. The highest BCUT2D eigenvalue weighted by Gasteiger charge is 2.32. The number of esters is 1. The molecule has 0 saturated heterocycles. The van der Waals surface area contributed by atoms with E-state index >= 15 is 0 Å². The lowest BCUT2D eigenvalue weighted by Crippen LogP contribution is -2.27. The van der Waals surface area contributed by atoms with Crippen molar-refractivity contribution in [2.45, 2.75) is 39.0 Å². The molecule has 0 unspecified atom stereocenters. The minimum Gasteiger partial charge on any atom is -0.465 e. The highest BCUT2D eigenvalue weighted by Crippen LogP contribution is 2.41. The van der Waals surface area contributed by atoms with E-state index < -0.39 is 0 Å². The Bertz CT molecular complexity index is 479. The van der Waals surface area contributed by atoms with Gasteiger partial charge in [0.1, 0.15) is 0 Å². The van der Waals surface area contributed by atoms with Crippen LogP contribution >= 0.6 is 0 Å². The minimum atomic E-state index is -0.350. The fraction of sp³-hybridized carbons (Fsp3) is 0.562. The maximum Gasteiger partial charge on any atom is 0.340 e. The number of benzene rings is 1. The van der Waals surface area contributed by atoms with Crippen molar-refractivity contribution >= 4 is 17.3 Å². The van der Waals surface area contributed by atoms with Crippen LogP contribution in [-0.2, 0) is 4.74 Å². The zero-order chi connectivity index (χ0) is 14.6. The van der Waals surface area contributed by atoms with Crippen LogP contribution in [0.25, 0.3) is 0 Å². The van der Waals surface area contributed by atoms with Gasteiger partial charge in [0.25, 0.3) is 0 Å². The quantitative estimate of drug-likeness (QED) is 0.638. The highest BCUT2D eigenvalue weighted by molar-refractivity contribution is 5.98. The lowest BCUT2D eigenvalue weighted by molar-refractivity contribution is 0.0602. The average Bonchev–Trinajstić information content (AvgIpc) is 2.94. The number of rotatable bonds is 5. The smallest absolute Gasteiger partial charge is 0.340 e. The Morgan fingerprint density at radius 2 is 2.10 bits per heavy atom. The summed E-state index contributed by atoms with van der Waals surface area (Å²) in [5, 5.41) is 3.40. The van der Waals surface area contributed by atoms with E-state index in [1.807, 2.05) is 6.07 Å². The summed E-state index contributed by atoms with van der Waals surface area (Å²) < 4.78 is 4.82. The Morgan fingerprint density at radius 3 is 2.70 bits per heavy atom. The molecule has 2 rings (SSSR count). The molecule has 110 valence electrons. The minimum absolute atomic E-state index is 0.343. The number of nitrogen functional groups attached to an aromatic ring is 1. The van der Waals surface area contributed by atoms with Crippen molar-refractivity contribution in [1.29, 1.82) is 0 Å². The first-order valence-electron chi connectivity index (χ1n) is 7.32. The number of carbonyl (C=O) groups is 1. The molecule has 1 saturated carbocycles. The van der Waals surface area contributed by atoms with E-state index in [4.69, 9.17) is 10.5 Å². The molecular formula is C16H24N2O2. The number of hydrogen-bond donors (Lipinski definition) is 2. The topological polar surface area (TPSA) is 64.3 Å². The van der Waals surface area contributed by atoms with Crippen LogP contribution in [0.4, 0.5) is 11.4 Å². The number of nitrogens with two attached hydrogens (primary N) is 1. The Balaban J connectivity index is 2.18. The molecule has 4 heteroatoms. The normalized spacial score (nSPS) is 16.9. The third-order valence-electron chi connectivity index (χ3n) is 4.56. The molecule has 3 N–H and O–H groups in total. The third-order valence-corrected chi connectivity index (χ3v) is 4.56. The van der Waals surface area contributed by atoms with Gasteiger partial charge in [0.15, 0.2) is 0 Å². The Hall–Kier alpha value is -1.71. The Labute approximate surface area is 120 Å². The second kappa shape index (κ2) is 6.16. The SMILES string of the molecule is CCC1(CNc2c(N)cccc2C(=O)OC)CCCC1. The number of carbonyl (C=O) groups excluding carboxylic acids is 1. The summed E-state index contributed by atoms with van der Waals surface area (Å²) in [5.74, 6) is -0.350. The first kappa shape index (κ1) is 14.7. The van der Waals surface area contributed by atoms with Crippen molar-refractivity contribution < 1.29 is 9.53 Å². The van der Waals surface area contributed by atoms with E-state index in [-0.39, 0.29) is 5.97 Å². The van der Waals surface area contributed by atoms with Gasteiger partial charge in [-0.3, -0.25) is 0 Å². The Kier molecular flexibility index (Phi) is 4.53. The van der Waals surface area contributed by atoms with Gasteiger partial charge in [-0.15, -0.1) is 0 Å². The van der Waals surface area contributed by atoms with Gasteiger partial charge >= 0.3 is 5.97 Å². The molecule has 0 aromatic heterocycles. The van der Waals surface area contributed by atoms with Crippen molar-refractivity contribution in [1.82, 2.24) is 0 Å². The van der Waals surface area contributed by atoms with Gasteiger partial charge in [0, 0.05) is 6.54 Å². The molecule has 1 aromatic rings. The Morgan fingerprint density at radius 1 is 1.40 bits per heavy atom.